The summed E-state index contributed by atoms with van der Waals surface area (Å²) in [4.78, 5) is 36.2. The average molecular weight is 474 g/mol. The van der Waals surface area contributed by atoms with E-state index in [4.69, 9.17) is 4.74 Å². The highest BCUT2D eigenvalue weighted by Gasteiger charge is 2.33. The molecule has 1 aromatic carbocycles. The molecule has 0 saturated heterocycles. The molecule has 0 heterocycles. The van der Waals surface area contributed by atoms with Gasteiger partial charge in [-0.05, 0) is 51.0 Å². The molecule has 4 N–H and O–H groups in total. The summed E-state index contributed by atoms with van der Waals surface area (Å²) in [5, 5.41) is 14.6. The number of carbonyl (C=O) groups is 3. The first kappa shape index (κ1) is 25.7. The van der Waals surface area contributed by atoms with E-state index in [2.05, 4.69) is 10.6 Å². The summed E-state index contributed by atoms with van der Waals surface area (Å²) in [6.07, 6.45) is 1.76. The molecule has 32 heavy (non-hydrogen) atoms. The first-order chi connectivity index (χ1) is 15.0. The molecule has 178 valence electrons. The van der Waals surface area contributed by atoms with E-state index < -0.39 is 52.0 Å². The zero-order valence-electron chi connectivity index (χ0n) is 17.8. The van der Waals surface area contributed by atoms with Crippen LogP contribution in [0.5, 0.6) is 0 Å². The monoisotopic (exact) mass is 473 g/mol. The van der Waals surface area contributed by atoms with Gasteiger partial charge >= 0.3 is 12.0 Å². The molecule has 3 unspecified atom stereocenters. The predicted octanol–water partition coefficient (Wildman–Crippen LogP) is 0.944. The van der Waals surface area contributed by atoms with Gasteiger partial charge in [-0.1, -0.05) is 19.3 Å². The Balaban J connectivity index is 1.95. The minimum absolute atomic E-state index is 0.0325. The topological polar surface area (TPSA) is 151 Å². The zero-order valence-corrected chi connectivity index (χ0v) is 18.7. The summed E-state index contributed by atoms with van der Waals surface area (Å²) in [7, 11) is -4.30. The highest BCUT2D eigenvalue weighted by molar-refractivity contribution is 7.89. The van der Waals surface area contributed by atoms with E-state index in [-0.39, 0.29) is 10.9 Å². The average Bonchev–Trinajstić information content (AvgIpc) is 2.72. The first-order valence-electron chi connectivity index (χ1n) is 10.3. The lowest BCUT2D eigenvalue weighted by Gasteiger charge is -2.24. The standard InChI is InChI=1S/C20H28FN3O7S/c1-12(25)17(24-32(29,30)16-10-8-14(21)9-11-16)19(27)31-13(2)18(26)23-20(28)22-15-6-4-3-5-7-15/h8-13,15,17,24-25H,3-7H2,1-2H3,(H2,22,23,26,28). The highest BCUT2D eigenvalue weighted by Crippen LogP contribution is 2.17. The Kier molecular flexibility index (Phi) is 9.10. The molecule has 0 bridgehead atoms. The molecule has 3 amide bonds. The molecule has 1 aliphatic carbocycles. The predicted molar refractivity (Wildman–Crippen MR) is 111 cm³/mol. The Bertz CT molecular complexity index is 916. The van der Waals surface area contributed by atoms with Crippen LogP contribution in [-0.2, 0) is 24.3 Å². The number of rotatable bonds is 8. The van der Waals surface area contributed by atoms with E-state index in [9.17, 15) is 32.3 Å². The van der Waals surface area contributed by atoms with Gasteiger partial charge in [-0.2, -0.15) is 4.72 Å². The van der Waals surface area contributed by atoms with Crippen LogP contribution in [0.25, 0.3) is 0 Å². The molecule has 1 saturated carbocycles. The Labute approximate surface area is 186 Å². The summed E-state index contributed by atoms with van der Waals surface area (Å²) in [5.74, 6) is -2.78. The molecular formula is C20H28FN3O7S. The van der Waals surface area contributed by atoms with E-state index in [1.807, 2.05) is 4.72 Å². The van der Waals surface area contributed by atoms with Crippen molar-refractivity contribution in [2.45, 2.75) is 75.1 Å². The Morgan fingerprint density at radius 3 is 2.25 bits per heavy atom. The van der Waals surface area contributed by atoms with Gasteiger partial charge in [0.25, 0.3) is 5.91 Å². The van der Waals surface area contributed by atoms with Crippen LogP contribution >= 0.6 is 0 Å². The summed E-state index contributed by atoms with van der Waals surface area (Å²) in [6, 6.07) is 1.34. The number of nitrogens with one attached hydrogen (secondary N) is 3. The van der Waals surface area contributed by atoms with Crippen molar-refractivity contribution >= 4 is 27.9 Å². The first-order valence-corrected chi connectivity index (χ1v) is 11.8. The molecule has 12 heteroatoms. The fraction of sp³-hybridized carbons (Fsp3) is 0.550. The molecule has 1 aliphatic rings. The maximum atomic E-state index is 13.0. The summed E-state index contributed by atoms with van der Waals surface area (Å²) in [5.41, 5.74) is 0. The molecule has 0 radical (unpaired) electrons. The SMILES string of the molecule is CC(OC(=O)C(NS(=O)(=O)c1ccc(F)cc1)C(C)O)C(=O)NC(=O)NC1CCCCC1. The number of esters is 1. The molecular weight excluding hydrogens is 445 g/mol. The van der Waals surface area contributed by atoms with Gasteiger partial charge in [-0.25, -0.2) is 17.6 Å². The van der Waals surface area contributed by atoms with Gasteiger partial charge in [-0.3, -0.25) is 14.9 Å². The van der Waals surface area contributed by atoms with Crippen LogP contribution in [0.1, 0.15) is 46.0 Å². The molecule has 0 aromatic heterocycles. The van der Waals surface area contributed by atoms with Crippen LogP contribution in [0.4, 0.5) is 9.18 Å². The van der Waals surface area contributed by atoms with Crippen molar-refractivity contribution in [1.82, 2.24) is 15.4 Å². The van der Waals surface area contributed by atoms with Crippen LogP contribution in [0.3, 0.4) is 0 Å². The number of hydrogen-bond donors (Lipinski definition) is 4. The van der Waals surface area contributed by atoms with Crippen molar-refractivity contribution < 1.29 is 37.0 Å². The van der Waals surface area contributed by atoms with Gasteiger partial charge in [-0.15, -0.1) is 0 Å². The molecule has 2 rings (SSSR count). The summed E-state index contributed by atoms with van der Waals surface area (Å²) in [6.45, 7) is 2.36. The molecule has 1 fully saturated rings. The number of imide groups is 1. The van der Waals surface area contributed by atoms with Crippen molar-refractivity contribution in [3.8, 4) is 0 Å². The molecule has 1 aromatic rings. The van der Waals surface area contributed by atoms with Crippen molar-refractivity contribution in [2.75, 3.05) is 0 Å². The number of benzene rings is 1. The number of halogens is 1. The van der Waals surface area contributed by atoms with Crippen LogP contribution in [0.2, 0.25) is 0 Å². The lowest BCUT2D eigenvalue weighted by Crippen LogP contribution is -2.51. The number of carbonyl (C=O) groups excluding carboxylic acids is 3. The van der Waals surface area contributed by atoms with E-state index in [1.165, 1.54) is 6.92 Å². The molecule has 0 aliphatic heterocycles. The number of aliphatic hydroxyl groups is 1. The van der Waals surface area contributed by atoms with Crippen molar-refractivity contribution in [2.24, 2.45) is 0 Å². The van der Waals surface area contributed by atoms with Gasteiger partial charge in [0, 0.05) is 6.04 Å². The Hall–Kier alpha value is -2.57. The quantitative estimate of drug-likeness (QED) is 0.410. The van der Waals surface area contributed by atoms with Crippen LogP contribution in [0, 0.1) is 5.82 Å². The second-order valence-electron chi connectivity index (χ2n) is 7.67. The lowest BCUT2D eigenvalue weighted by molar-refractivity contribution is -0.158. The fourth-order valence-corrected chi connectivity index (χ4v) is 4.43. The third-order valence-corrected chi connectivity index (χ3v) is 6.44. The number of ether oxygens (including phenoxy) is 1. The van der Waals surface area contributed by atoms with Gasteiger partial charge in [0.15, 0.2) is 6.10 Å². The van der Waals surface area contributed by atoms with Crippen molar-refractivity contribution in [3.63, 3.8) is 0 Å². The summed E-state index contributed by atoms with van der Waals surface area (Å²) >= 11 is 0. The van der Waals surface area contributed by atoms with E-state index >= 15 is 0 Å². The normalized spacial score (nSPS) is 17.6. The van der Waals surface area contributed by atoms with Crippen molar-refractivity contribution in [1.29, 1.82) is 0 Å². The number of urea groups is 1. The third kappa shape index (κ3) is 7.53. The lowest BCUT2D eigenvalue weighted by atomic mass is 9.96. The van der Waals surface area contributed by atoms with Crippen LogP contribution < -0.4 is 15.4 Å². The maximum absolute atomic E-state index is 13.0. The van der Waals surface area contributed by atoms with Crippen LogP contribution in [-0.4, -0.2) is 55.7 Å². The second kappa shape index (κ2) is 11.3. The minimum atomic E-state index is -4.30. The molecule has 0 spiro atoms. The highest BCUT2D eigenvalue weighted by atomic mass is 32.2. The largest absolute Gasteiger partial charge is 0.451 e. The molecule has 10 nitrogen and oxygen atoms in total. The Morgan fingerprint density at radius 2 is 1.69 bits per heavy atom. The van der Waals surface area contributed by atoms with E-state index in [0.29, 0.717) is 0 Å². The number of hydrogen-bond acceptors (Lipinski definition) is 7. The van der Waals surface area contributed by atoms with Gasteiger partial charge in [0.2, 0.25) is 10.0 Å². The van der Waals surface area contributed by atoms with E-state index in [0.717, 1.165) is 63.3 Å². The van der Waals surface area contributed by atoms with Gasteiger partial charge in [0.1, 0.15) is 11.9 Å². The minimum Gasteiger partial charge on any atom is -0.451 e. The van der Waals surface area contributed by atoms with Crippen molar-refractivity contribution in [3.05, 3.63) is 30.1 Å². The van der Waals surface area contributed by atoms with Gasteiger partial charge < -0.3 is 15.2 Å². The smallest absolute Gasteiger partial charge is 0.327 e. The maximum Gasteiger partial charge on any atom is 0.327 e. The number of sulfonamides is 1. The summed E-state index contributed by atoms with van der Waals surface area (Å²) < 4.78 is 44.8. The fourth-order valence-electron chi connectivity index (χ4n) is 3.18. The molecule has 3 atom stereocenters. The third-order valence-electron chi connectivity index (χ3n) is 4.98. The second-order valence-corrected chi connectivity index (χ2v) is 9.38. The number of aliphatic hydroxyl groups excluding tert-OH is 1. The zero-order chi connectivity index (χ0) is 23.9. The number of amides is 3. The van der Waals surface area contributed by atoms with Gasteiger partial charge in [0.05, 0.1) is 11.0 Å². The van der Waals surface area contributed by atoms with E-state index in [1.54, 1.807) is 0 Å². The van der Waals surface area contributed by atoms with Crippen LogP contribution in [0.15, 0.2) is 29.2 Å². The Morgan fingerprint density at radius 1 is 1.09 bits per heavy atom.